The van der Waals surface area contributed by atoms with E-state index >= 15 is 0 Å². The van der Waals surface area contributed by atoms with Crippen LogP contribution in [0.2, 0.25) is 0 Å². The van der Waals surface area contributed by atoms with Gasteiger partial charge in [0.2, 0.25) is 0 Å². The maximum atomic E-state index is 12.3. The highest BCUT2D eigenvalue weighted by Gasteiger charge is 2.34. The van der Waals surface area contributed by atoms with Gasteiger partial charge in [-0.25, -0.2) is 4.98 Å². The molecule has 0 N–H and O–H groups in total. The maximum Gasteiger partial charge on any atom is 0.325 e. The van der Waals surface area contributed by atoms with Crippen LogP contribution in [0.4, 0.5) is 0 Å². The number of hydrogen-bond donors (Lipinski definition) is 0. The first-order chi connectivity index (χ1) is 9.11. The first-order valence-corrected chi connectivity index (χ1v) is 6.99. The molecule has 0 unspecified atom stereocenters. The van der Waals surface area contributed by atoms with Gasteiger partial charge < -0.3 is 9.64 Å². The van der Waals surface area contributed by atoms with Crippen LogP contribution >= 0.6 is 15.9 Å². The molecule has 0 radical (unpaired) electrons. The Labute approximate surface area is 120 Å². The third-order valence-corrected chi connectivity index (χ3v) is 3.30. The lowest BCUT2D eigenvalue weighted by Crippen LogP contribution is -2.38. The fraction of sp³-hybridized carbons (Fsp3) is 0.462. The summed E-state index contributed by atoms with van der Waals surface area (Å²) in [6, 6.07) is 3.56. The lowest BCUT2D eigenvalue weighted by Gasteiger charge is -2.21. The molecule has 0 aromatic carbocycles. The van der Waals surface area contributed by atoms with Gasteiger partial charge in [-0.05, 0) is 47.8 Å². The second-order valence-electron chi connectivity index (χ2n) is 4.34. The van der Waals surface area contributed by atoms with Gasteiger partial charge in [0.15, 0.2) is 0 Å². The summed E-state index contributed by atoms with van der Waals surface area (Å²) in [5.74, 6) is -0.539. The van der Waals surface area contributed by atoms with Crippen molar-refractivity contribution in [1.29, 1.82) is 0 Å². The van der Waals surface area contributed by atoms with E-state index in [4.69, 9.17) is 4.74 Å². The van der Waals surface area contributed by atoms with Crippen LogP contribution in [0, 0.1) is 0 Å². The first kappa shape index (κ1) is 14.0. The van der Waals surface area contributed by atoms with Gasteiger partial charge in [-0.1, -0.05) is 0 Å². The lowest BCUT2D eigenvalue weighted by molar-refractivity contribution is -0.144. The Morgan fingerprint density at radius 3 is 2.74 bits per heavy atom. The number of carbonyl (C=O) groups is 2. The van der Waals surface area contributed by atoms with E-state index in [0.717, 1.165) is 12.8 Å². The number of hydrogen-bond acceptors (Lipinski definition) is 4. The summed E-state index contributed by atoms with van der Waals surface area (Å²) in [6.07, 6.45) is 3.39. The van der Waals surface area contributed by atoms with Crippen LogP contribution in [-0.2, 0) is 9.53 Å². The monoisotopic (exact) mass is 326 g/mol. The number of pyridine rings is 1. The fourth-order valence-electron chi connectivity index (χ4n) is 1.77. The molecule has 19 heavy (non-hydrogen) atoms. The normalized spacial score (nSPS) is 14.0. The summed E-state index contributed by atoms with van der Waals surface area (Å²) in [6.45, 7) is 2.08. The van der Waals surface area contributed by atoms with Crippen molar-refractivity contribution in [2.24, 2.45) is 0 Å². The average Bonchev–Trinajstić information content (AvgIpc) is 3.21. The molecule has 1 aromatic rings. The Hall–Kier alpha value is -1.43. The van der Waals surface area contributed by atoms with Crippen molar-refractivity contribution < 1.29 is 14.3 Å². The smallest absolute Gasteiger partial charge is 0.325 e. The summed E-state index contributed by atoms with van der Waals surface area (Å²) in [7, 11) is 0. The molecule has 0 bridgehead atoms. The molecule has 6 heteroatoms. The minimum absolute atomic E-state index is 0.00735. The molecule has 1 aliphatic rings. The second kappa shape index (κ2) is 6.14. The Kier molecular flexibility index (Phi) is 4.52. The second-order valence-corrected chi connectivity index (χ2v) is 5.15. The molecule has 1 saturated carbocycles. The van der Waals surface area contributed by atoms with Crippen molar-refractivity contribution in [3.05, 3.63) is 28.5 Å². The highest BCUT2D eigenvalue weighted by Crippen LogP contribution is 2.28. The minimum Gasteiger partial charge on any atom is -0.465 e. The number of aromatic nitrogens is 1. The lowest BCUT2D eigenvalue weighted by atomic mass is 10.2. The first-order valence-electron chi connectivity index (χ1n) is 6.20. The van der Waals surface area contributed by atoms with E-state index in [0.29, 0.717) is 16.8 Å². The van der Waals surface area contributed by atoms with E-state index in [-0.39, 0.29) is 24.5 Å². The molecular formula is C13H15BrN2O3. The SMILES string of the molecule is CCOC(=O)CN(C(=O)c1ccc(Br)nc1)C1CC1. The van der Waals surface area contributed by atoms with Gasteiger partial charge >= 0.3 is 5.97 Å². The van der Waals surface area contributed by atoms with Gasteiger partial charge in [0.1, 0.15) is 11.1 Å². The fourth-order valence-corrected chi connectivity index (χ4v) is 2.00. The van der Waals surface area contributed by atoms with Crippen LogP contribution in [0.3, 0.4) is 0 Å². The van der Waals surface area contributed by atoms with Crippen molar-refractivity contribution in [3.8, 4) is 0 Å². The summed E-state index contributed by atoms with van der Waals surface area (Å²) in [5, 5.41) is 0. The van der Waals surface area contributed by atoms with Gasteiger partial charge in [0.05, 0.1) is 12.2 Å². The number of nitrogens with zero attached hydrogens (tertiary/aromatic N) is 2. The van der Waals surface area contributed by atoms with Crippen LogP contribution in [0.25, 0.3) is 0 Å². The van der Waals surface area contributed by atoms with Gasteiger partial charge in [-0.2, -0.15) is 0 Å². The molecule has 0 atom stereocenters. The molecule has 1 amide bonds. The molecule has 5 nitrogen and oxygen atoms in total. The summed E-state index contributed by atoms with van der Waals surface area (Å²) in [5.41, 5.74) is 0.486. The molecule has 0 spiro atoms. The van der Waals surface area contributed by atoms with E-state index in [1.54, 1.807) is 24.0 Å². The molecule has 0 aliphatic heterocycles. The molecular weight excluding hydrogens is 312 g/mol. The van der Waals surface area contributed by atoms with Gasteiger partial charge in [0.25, 0.3) is 5.91 Å². The molecule has 1 aliphatic carbocycles. The van der Waals surface area contributed by atoms with E-state index in [2.05, 4.69) is 20.9 Å². The molecule has 1 fully saturated rings. The van der Waals surface area contributed by atoms with Crippen molar-refractivity contribution in [3.63, 3.8) is 0 Å². The van der Waals surface area contributed by atoms with E-state index in [9.17, 15) is 9.59 Å². The zero-order valence-electron chi connectivity index (χ0n) is 10.6. The summed E-state index contributed by atoms with van der Waals surface area (Å²) >= 11 is 3.22. The predicted octanol–water partition coefficient (Wildman–Crippen LogP) is 2.01. The number of rotatable bonds is 5. The standard InChI is InChI=1S/C13H15BrN2O3/c1-2-19-12(17)8-16(10-4-5-10)13(18)9-3-6-11(14)15-7-9/h3,6-7,10H,2,4-5,8H2,1H3. The summed E-state index contributed by atoms with van der Waals surface area (Å²) < 4.78 is 5.57. The number of halogens is 1. The van der Waals surface area contributed by atoms with Gasteiger partial charge in [-0.15, -0.1) is 0 Å². The maximum absolute atomic E-state index is 12.3. The van der Waals surface area contributed by atoms with Crippen molar-refractivity contribution >= 4 is 27.8 Å². The van der Waals surface area contributed by atoms with Crippen molar-refractivity contribution in [1.82, 2.24) is 9.88 Å². The Balaban J connectivity index is 2.08. The van der Waals surface area contributed by atoms with E-state index < -0.39 is 0 Å². The molecule has 1 aromatic heterocycles. The third-order valence-electron chi connectivity index (χ3n) is 2.83. The largest absolute Gasteiger partial charge is 0.465 e. The predicted molar refractivity (Wildman–Crippen MR) is 72.6 cm³/mol. The Bertz CT molecular complexity index is 471. The quantitative estimate of drug-likeness (QED) is 0.613. The van der Waals surface area contributed by atoms with Crippen LogP contribution in [0.5, 0.6) is 0 Å². The highest BCUT2D eigenvalue weighted by atomic mass is 79.9. The average molecular weight is 327 g/mol. The zero-order chi connectivity index (χ0) is 13.8. The summed E-state index contributed by atoms with van der Waals surface area (Å²) in [4.78, 5) is 29.5. The van der Waals surface area contributed by atoms with E-state index in [1.807, 2.05) is 0 Å². The number of ether oxygens (including phenoxy) is 1. The zero-order valence-corrected chi connectivity index (χ0v) is 12.2. The van der Waals surface area contributed by atoms with Gasteiger partial charge in [-0.3, -0.25) is 9.59 Å². The van der Waals surface area contributed by atoms with Crippen LogP contribution in [0.1, 0.15) is 30.1 Å². The van der Waals surface area contributed by atoms with Crippen LogP contribution in [-0.4, -0.2) is 41.0 Å². The van der Waals surface area contributed by atoms with Crippen molar-refractivity contribution in [2.75, 3.05) is 13.2 Å². The molecule has 1 heterocycles. The highest BCUT2D eigenvalue weighted by molar-refractivity contribution is 9.10. The van der Waals surface area contributed by atoms with E-state index in [1.165, 1.54) is 6.20 Å². The van der Waals surface area contributed by atoms with Crippen LogP contribution in [0.15, 0.2) is 22.9 Å². The molecule has 0 saturated heterocycles. The number of esters is 1. The number of carbonyl (C=O) groups excluding carboxylic acids is 2. The van der Waals surface area contributed by atoms with Gasteiger partial charge in [0, 0.05) is 12.2 Å². The Morgan fingerprint density at radius 2 is 2.21 bits per heavy atom. The molecule has 102 valence electrons. The topological polar surface area (TPSA) is 59.5 Å². The van der Waals surface area contributed by atoms with Crippen molar-refractivity contribution in [2.45, 2.75) is 25.8 Å². The Morgan fingerprint density at radius 1 is 1.47 bits per heavy atom. The number of amides is 1. The minimum atomic E-state index is -0.368. The molecule has 2 rings (SSSR count). The van der Waals surface area contributed by atoms with Crippen LogP contribution < -0.4 is 0 Å². The third kappa shape index (κ3) is 3.76.